The van der Waals surface area contributed by atoms with E-state index in [1.165, 1.54) is 4.31 Å². The first kappa shape index (κ1) is 8.90. The molecule has 0 aromatic heterocycles. The first-order valence-corrected chi connectivity index (χ1v) is 4.74. The van der Waals surface area contributed by atoms with Gasteiger partial charge in [-0.15, -0.1) is 6.58 Å². The highest BCUT2D eigenvalue weighted by molar-refractivity contribution is 7.76. The second kappa shape index (κ2) is 3.99. The standard InChI is InChI=1S/C7H13NO2S/c1-2-7-3-5-8(6-4-7)11(9)10/h2,7H,1,3-6H2,(H,9,10)/p-1. The van der Waals surface area contributed by atoms with Gasteiger partial charge in [0, 0.05) is 24.4 Å². The minimum Gasteiger partial charge on any atom is -0.760 e. The third-order valence-electron chi connectivity index (χ3n) is 2.04. The maximum Gasteiger partial charge on any atom is 0.0209 e. The van der Waals surface area contributed by atoms with Gasteiger partial charge in [-0.2, -0.15) is 0 Å². The van der Waals surface area contributed by atoms with E-state index in [1.807, 2.05) is 6.08 Å². The van der Waals surface area contributed by atoms with Crippen LogP contribution in [0.5, 0.6) is 0 Å². The number of nitrogens with zero attached hydrogens (tertiary/aromatic N) is 1. The van der Waals surface area contributed by atoms with E-state index >= 15 is 0 Å². The normalized spacial score (nSPS) is 24.8. The van der Waals surface area contributed by atoms with Crippen LogP contribution in [0, 0.1) is 5.92 Å². The Morgan fingerprint density at radius 3 is 2.45 bits per heavy atom. The number of hydrogen-bond donors (Lipinski definition) is 0. The summed E-state index contributed by atoms with van der Waals surface area (Å²) in [6.07, 6.45) is 3.74. The van der Waals surface area contributed by atoms with Gasteiger partial charge >= 0.3 is 0 Å². The Kier molecular flexibility index (Phi) is 3.23. The van der Waals surface area contributed by atoms with Gasteiger partial charge in [-0.25, -0.2) is 4.31 Å². The molecule has 1 aliphatic rings. The number of allylic oxidation sites excluding steroid dienone is 1. The van der Waals surface area contributed by atoms with E-state index < -0.39 is 11.3 Å². The Bertz CT molecular complexity index is 164. The second-order valence-corrected chi connectivity index (χ2v) is 3.67. The van der Waals surface area contributed by atoms with E-state index in [1.54, 1.807) is 0 Å². The van der Waals surface area contributed by atoms with Crippen LogP contribution in [0.1, 0.15) is 12.8 Å². The van der Waals surface area contributed by atoms with Gasteiger partial charge in [0.15, 0.2) is 0 Å². The molecule has 0 spiro atoms. The minimum absolute atomic E-state index is 0.509. The third-order valence-corrected chi connectivity index (χ3v) is 2.83. The molecule has 1 saturated heterocycles. The van der Waals surface area contributed by atoms with Gasteiger partial charge in [-0.1, -0.05) is 6.08 Å². The molecule has 64 valence electrons. The third kappa shape index (κ3) is 2.39. The lowest BCUT2D eigenvalue weighted by Crippen LogP contribution is -2.34. The highest BCUT2D eigenvalue weighted by atomic mass is 32.2. The summed E-state index contributed by atoms with van der Waals surface area (Å²) in [6.45, 7) is 4.97. The van der Waals surface area contributed by atoms with Crippen molar-refractivity contribution in [2.24, 2.45) is 5.92 Å². The van der Waals surface area contributed by atoms with Crippen molar-refractivity contribution >= 4 is 11.3 Å². The van der Waals surface area contributed by atoms with Crippen molar-refractivity contribution in [1.29, 1.82) is 0 Å². The molecule has 3 nitrogen and oxygen atoms in total. The highest BCUT2D eigenvalue weighted by Crippen LogP contribution is 2.17. The largest absolute Gasteiger partial charge is 0.760 e. The molecular weight excluding hydrogens is 162 g/mol. The molecule has 0 aliphatic carbocycles. The predicted molar refractivity (Wildman–Crippen MR) is 43.4 cm³/mol. The van der Waals surface area contributed by atoms with Crippen molar-refractivity contribution in [2.45, 2.75) is 12.8 Å². The van der Waals surface area contributed by atoms with Crippen LogP contribution in [-0.2, 0) is 11.3 Å². The monoisotopic (exact) mass is 174 g/mol. The number of hydrogen-bond acceptors (Lipinski definition) is 2. The molecule has 0 radical (unpaired) electrons. The van der Waals surface area contributed by atoms with Gasteiger partial charge in [0.2, 0.25) is 0 Å². The first-order chi connectivity index (χ1) is 5.24. The zero-order chi connectivity index (χ0) is 8.27. The van der Waals surface area contributed by atoms with Crippen LogP contribution in [0.3, 0.4) is 0 Å². The smallest absolute Gasteiger partial charge is 0.0209 e. The Labute approximate surface area is 69.5 Å². The summed E-state index contributed by atoms with van der Waals surface area (Å²) in [7, 11) is 0. The topological polar surface area (TPSA) is 43.4 Å². The average Bonchev–Trinajstić information content (AvgIpc) is 2.05. The van der Waals surface area contributed by atoms with Crippen LogP contribution >= 0.6 is 0 Å². The summed E-state index contributed by atoms with van der Waals surface area (Å²) in [4.78, 5) is 0. The first-order valence-electron chi connectivity index (χ1n) is 3.71. The molecule has 4 heteroatoms. The molecule has 0 saturated carbocycles. The molecule has 1 fully saturated rings. The second-order valence-electron chi connectivity index (χ2n) is 2.72. The summed E-state index contributed by atoms with van der Waals surface area (Å²) in [5.74, 6) is 0.509. The van der Waals surface area contributed by atoms with E-state index in [9.17, 15) is 8.76 Å². The lowest BCUT2D eigenvalue weighted by molar-refractivity contribution is 0.297. The van der Waals surface area contributed by atoms with Crippen LogP contribution in [0.25, 0.3) is 0 Å². The predicted octanol–water partition coefficient (Wildman–Crippen LogP) is 0.678. The van der Waals surface area contributed by atoms with E-state index in [0.29, 0.717) is 19.0 Å². The summed E-state index contributed by atoms with van der Waals surface area (Å²) in [5, 5.41) is 0. The van der Waals surface area contributed by atoms with Crippen LogP contribution in [0.4, 0.5) is 0 Å². The maximum atomic E-state index is 10.4. The number of piperidine rings is 1. The lowest BCUT2D eigenvalue weighted by atomic mass is 9.99. The molecule has 11 heavy (non-hydrogen) atoms. The molecule has 0 bridgehead atoms. The zero-order valence-electron chi connectivity index (χ0n) is 6.36. The molecule has 1 atom stereocenters. The summed E-state index contributed by atoms with van der Waals surface area (Å²) in [6, 6.07) is 0. The maximum absolute atomic E-state index is 10.4. The van der Waals surface area contributed by atoms with E-state index in [4.69, 9.17) is 0 Å². The van der Waals surface area contributed by atoms with Gasteiger partial charge in [0.1, 0.15) is 0 Å². The SMILES string of the molecule is C=CC1CCN(S(=O)[O-])CC1. The van der Waals surface area contributed by atoms with Crippen LogP contribution in [0.2, 0.25) is 0 Å². The number of rotatable bonds is 2. The Balaban J connectivity index is 2.35. The Morgan fingerprint density at radius 1 is 1.55 bits per heavy atom. The molecule has 0 aromatic carbocycles. The van der Waals surface area contributed by atoms with E-state index in [0.717, 1.165) is 12.8 Å². The van der Waals surface area contributed by atoms with Crippen molar-refractivity contribution < 1.29 is 8.76 Å². The Hall–Kier alpha value is -0.190. The fourth-order valence-corrected chi connectivity index (χ4v) is 1.77. The van der Waals surface area contributed by atoms with Gasteiger partial charge in [0.05, 0.1) is 0 Å². The van der Waals surface area contributed by atoms with Crippen LogP contribution < -0.4 is 0 Å². The van der Waals surface area contributed by atoms with Gasteiger partial charge in [-0.05, 0) is 18.8 Å². The van der Waals surface area contributed by atoms with Crippen LogP contribution in [0.15, 0.2) is 12.7 Å². The Morgan fingerprint density at radius 2 is 2.09 bits per heavy atom. The van der Waals surface area contributed by atoms with Gasteiger partial charge in [0.25, 0.3) is 0 Å². The van der Waals surface area contributed by atoms with Crippen molar-refractivity contribution in [3.63, 3.8) is 0 Å². The lowest BCUT2D eigenvalue weighted by Gasteiger charge is -2.31. The van der Waals surface area contributed by atoms with E-state index in [2.05, 4.69) is 6.58 Å². The van der Waals surface area contributed by atoms with Crippen LogP contribution in [-0.4, -0.2) is 26.2 Å². The fourth-order valence-electron chi connectivity index (χ4n) is 1.26. The van der Waals surface area contributed by atoms with Gasteiger partial charge in [-0.3, -0.25) is 4.21 Å². The van der Waals surface area contributed by atoms with Crippen molar-refractivity contribution in [1.82, 2.24) is 4.31 Å². The van der Waals surface area contributed by atoms with Crippen molar-refractivity contribution in [3.05, 3.63) is 12.7 Å². The van der Waals surface area contributed by atoms with Crippen molar-refractivity contribution in [2.75, 3.05) is 13.1 Å². The molecule has 1 heterocycles. The average molecular weight is 174 g/mol. The summed E-state index contributed by atoms with van der Waals surface area (Å²) in [5.41, 5.74) is 0. The molecule has 0 N–H and O–H groups in total. The minimum atomic E-state index is -2.02. The highest BCUT2D eigenvalue weighted by Gasteiger charge is 2.16. The molecule has 1 unspecified atom stereocenters. The summed E-state index contributed by atoms with van der Waals surface area (Å²) >= 11 is -2.02. The van der Waals surface area contributed by atoms with E-state index in [-0.39, 0.29) is 0 Å². The summed E-state index contributed by atoms with van der Waals surface area (Å²) < 4.78 is 22.4. The molecule has 1 rings (SSSR count). The molecule has 1 aliphatic heterocycles. The molecule has 0 aromatic rings. The zero-order valence-corrected chi connectivity index (χ0v) is 7.18. The molecule has 0 amide bonds. The van der Waals surface area contributed by atoms with Gasteiger partial charge < -0.3 is 4.55 Å². The molecular formula is C7H12NO2S-. The van der Waals surface area contributed by atoms with Crippen molar-refractivity contribution in [3.8, 4) is 0 Å². The quantitative estimate of drug-likeness (QED) is 0.456. The fraction of sp³-hybridized carbons (Fsp3) is 0.714.